The minimum atomic E-state index is -0.504. The first-order chi connectivity index (χ1) is 14.5. The van der Waals surface area contributed by atoms with Gasteiger partial charge < -0.3 is 4.74 Å². The molecule has 0 aliphatic rings. The first kappa shape index (κ1) is 19.4. The Hall–Kier alpha value is -3.93. The second-order valence-electron chi connectivity index (χ2n) is 6.76. The number of methoxy groups -OCH3 is 1. The highest BCUT2D eigenvalue weighted by Gasteiger charge is 2.21. The molecule has 1 aromatic carbocycles. The summed E-state index contributed by atoms with van der Waals surface area (Å²) in [6.45, 7) is 3.75. The molecule has 3 aromatic heterocycles. The molecule has 0 aliphatic heterocycles. The SMILES string of the molecule is CC#CCn1c(OC)nc2c1c(=O)n(Cc1nc(C)c3ccccc3n1)c(=O)n2C. The van der Waals surface area contributed by atoms with E-state index in [1.807, 2.05) is 31.2 Å². The van der Waals surface area contributed by atoms with E-state index in [-0.39, 0.29) is 30.3 Å². The molecule has 4 rings (SSSR count). The van der Waals surface area contributed by atoms with Crippen molar-refractivity contribution in [1.29, 1.82) is 0 Å². The molecule has 0 saturated heterocycles. The van der Waals surface area contributed by atoms with Crippen LogP contribution in [0.2, 0.25) is 0 Å². The van der Waals surface area contributed by atoms with E-state index in [2.05, 4.69) is 26.8 Å². The van der Waals surface area contributed by atoms with E-state index < -0.39 is 11.2 Å². The third-order valence-electron chi connectivity index (χ3n) is 4.93. The van der Waals surface area contributed by atoms with Gasteiger partial charge in [0.25, 0.3) is 11.6 Å². The lowest BCUT2D eigenvalue weighted by Gasteiger charge is -2.10. The molecular formula is C21H20N6O3. The first-order valence-corrected chi connectivity index (χ1v) is 9.32. The Labute approximate surface area is 171 Å². The van der Waals surface area contributed by atoms with Crippen LogP contribution in [0.15, 0.2) is 33.9 Å². The van der Waals surface area contributed by atoms with Gasteiger partial charge in [-0.3, -0.25) is 18.5 Å². The van der Waals surface area contributed by atoms with Gasteiger partial charge in [0.1, 0.15) is 5.82 Å². The maximum atomic E-state index is 13.3. The number of nitrogens with zero attached hydrogens (tertiary/aromatic N) is 6. The van der Waals surface area contributed by atoms with Gasteiger partial charge in [-0.25, -0.2) is 14.8 Å². The van der Waals surface area contributed by atoms with Crippen LogP contribution in [-0.4, -0.2) is 35.8 Å². The Morgan fingerprint density at radius 2 is 1.87 bits per heavy atom. The summed E-state index contributed by atoms with van der Waals surface area (Å²) in [7, 11) is 3.02. The Balaban J connectivity index is 1.94. The number of aromatic nitrogens is 6. The lowest BCUT2D eigenvalue weighted by Crippen LogP contribution is -2.40. The summed E-state index contributed by atoms with van der Waals surface area (Å²) in [5.74, 6) is 6.09. The quantitative estimate of drug-likeness (QED) is 0.475. The average molecular weight is 404 g/mol. The minimum absolute atomic E-state index is 0.0555. The highest BCUT2D eigenvalue weighted by Crippen LogP contribution is 2.18. The van der Waals surface area contributed by atoms with E-state index in [9.17, 15) is 9.59 Å². The summed E-state index contributed by atoms with van der Waals surface area (Å²) >= 11 is 0. The fraction of sp³-hybridized carbons (Fsp3) is 0.286. The predicted octanol–water partition coefficient (Wildman–Crippen LogP) is 1.23. The fourth-order valence-electron chi connectivity index (χ4n) is 3.46. The summed E-state index contributed by atoms with van der Waals surface area (Å²) in [5.41, 5.74) is 1.04. The van der Waals surface area contributed by atoms with Crippen molar-refractivity contribution in [3.8, 4) is 17.9 Å². The van der Waals surface area contributed by atoms with E-state index >= 15 is 0 Å². The Morgan fingerprint density at radius 3 is 2.60 bits per heavy atom. The van der Waals surface area contributed by atoms with E-state index in [1.165, 1.54) is 11.7 Å². The molecule has 0 fully saturated rings. The van der Waals surface area contributed by atoms with Crippen LogP contribution in [0.25, 0.3) is 22.1 Å². The zero-order chi connectivity index (χ0) is 21.4. The third-order valence-corrected chi connectivity index (χ3v) is 4.93. The largest absolute Gasteiger partial charge is 0.468 e. The Morgan fingerprint density at radius 1 is 1.10 bits per heavy atom. The molecule has 0 aliphatic carbocycles. The van der Waals surface area contributed by atoms with Crippen LogP contribution in [-0.2, 0) is 20.1 Å². The van der Waals surface area contributed by atoms with Gasteiger partial charge >= 0.3 is 5.69 Å². The second kappa shape index (κ2) is 7.48. The summed E-state index contributed by atoms with van der Waals surface area (Å²) < 4.78 is 9.30. The standard InChI is InChI=1S/C21H20N6O3/c1-5-6-11-26-17-18(24-20(26)30-4)25(3)21(29)27(19(17)28)12-16-22-13(2)14-9-7-8-10-15(14)23-16/h7-10H,11-12H2,1-4H3. The number of fused-ring (bicyclic) bond motifs is 2. The number of rotatable bonds is 4. The highest BCUT2D eigenvalue weighted by atomic mass is 16.5. The van der Waals surface area contributed by atoms with E-state index in [1.54, 1.807) is 18.5 Å². The molecule has 9 heteroatoms. The number of hydrogen-bond acceptors (Lipinski definition) is 6. The minimum Gasteiger partial charge on any atom is -0.468 e. The monoisotopic (exact) mass is 404 g/mol. The van der Waals surface area contributed by atoms with Gasteiger partial charge in [-0.05, 0) is 19.9 Å². The van der Waals surface area contributed by atoms with Crippen molar-refractivity contribution in [3.05, 3.63) is 56.6 Å². The van der Waals surface area contributed by atoms with E-state index in [4.69, 9.17) is 4.74 Å². The molecule has 0 amide bonds. The van der Waals surface area contributed by atoms with Crippen LogP contribution in [0.1, 0.15) is 18.4 Å². The molecule has 3 heterocycles. The number of para-hydroxylation sites is 1. The van der Waals surface area contributed by atoms with Crippen LogP contribution < -0.4 is 16.0 Å². The molecule has 0 spiro atoms. The van der Waals surface area contributed by atoms with Crippen molar-refractivity contribution in [2.45, 2.75) is 26.9 Å². The van der Waals surface area contributed by atoms with Crippen molar-refractivity contribution in [2.75, 3.05) is 7.11 Å². The van der Waals surface area contributed by atoms with Gasteiger partial charge in [0.05, 0.1) is 25.7 Å². The smallest absolute Gasteiger partial charge is 0.332 e. The van der Waals surface area contributed by atoms with Crippen molar-refractivity contribution in [3.63, 3.8) is 0 Å². The molecule has 4 aromatic rings. The summed E-state index contributed by atoms with van der Waals surface area (Å²) in [6.07, 6.45) is 0. The molecule has 0 atom stereocenters. The van der Waals surface area contributed by atoms with Gasteiger partial charge in [-0.1, -0.05) is 24.1 Å². The van der Waals surface area contributed by atoms with E-state index in [0.29, 0.717) is 5.82 Å². The zero-order valence-electron chi connectivity index (χ0n) is 17.1. The Kier molecular flexibility index (Phi) is 4.83. The first-order valence-electron chi connectivity index (χ1n) is 9.32. The Bertz CT molecular complexity index is 1470. The number of hydrogen-bond donors (Lipinski definition) is 0. The molecule has 152 valence electrons. The lowest BCUT2D eigenvalue weighted by atomic mass is 10.2. The molecule has 0 unspecified atom stereocenters. The third kappa shape index (κ3) is 3.03. The van der Waals surface area contributed by atoms with Crippen LogP contribution in [0, 0.1) is 18.8 Å². The van der Waals surface area contributed by atoms with Crippen molar-refractivity contribution < 1.29 is 4.74 Å². The summed E-state index contributed by atoms with van der Waals surface area (Å²) in [4.78, 5) is 39.6. The number of imidazole rings is 1. The maximum absolute atomic E-state index is 13.3. The average Bonchev–Trinajstić information content (AvgIpc) is 3.12. The normalized spacial score (nSPS) is 10.9. The van der Waals surface area contributed by atoms with Gasteiger partial charge in [0, 0.05) is 18.1 Å². The predicted molar refractivity (Wildman–Crippen MR) is 113 cm³/mol. The molecule has 0 bridgehead atoms. The molecule has 0 N–H and O–H groups in total. The van der Waals surface area contributed by atoms with Crippen LogP contribution in [0.4, 0.5) is 0 Å². The maximum Gasteiger partial charge on any atom is 0.332 e. The zero-order valence-corrected chi connectivity index (χ0v) is 17.1. The number of benzene rings is 1. The number of ether oxygens (including phenoxy) is 1. The lowest BCUT2D eigenvalue weighted by molar-refractivity contribution is 0.365. The summed E-state index contributed by atoms with van der Waals surface area (Å²) in [5, 5.41) is 0.929. The van der Waals surface area contributed by atoms with Crippen molar-refractivity contribution >= 4 is 22.1 Å². The molecule has 0 saturated carbocycles. The molecule has 0 radical (unpaired) electrons. The molecule has 9 nitrogen and oxygen atoms in total. The topological polar surface area (TPSA) is 96.8 Å². The van der Waals surface area contributed by atoms with E-state index in [0.717, 1.165) is 21.2 Å². The van der Waals surface area contributed by atoms with Crippen molar-refractivity contribution in [1.82, 2.24) is 28.7 Å². The van der Waals surface area contributed by atoms with Gasteiger partial charge in [-0.15, -0.1) is 5.92 Å². The van der Waals surface area contributed by atoms with Crippen LogP contribution >= 0.6 is 0 Å². The fourth-order valence-corrected chi connectivity index (χ4v) is 3.46. The van der Waals surface area contributed by atoms with Crippen LogP contribution in [0.3, 0.4) is 0 Å². The van der Waals surface area contributed by atoms with Crippen LogP contribution in [0.5, 0.6) is 6.01 Å². The molecule has 30 heavy (non-hydrogen) atoms. The van der Waals surface area contributed by atoms with Gasteiger partial charge in [0.2, 0.25) is 0 Å². The highest BCUT2D eigenvalue weighted by molar-refractivity contribution is 5.80. The second-order valence-corrected chi connectivity index (χ2v) is 6.76. The van der Waals surface area contributed by atoms with Gasteiger partial charge in [0.15, 0.2) is 11.2 Å². The van der Waals surface area contributed by atoms with Crippen molar-refractivity contribution in [2.24, 2.45) is 7.05 Å². The number of aryl methyl sites for hydroxylation is 2. The van der Waals surface area contributed by atoms with Gasteiger partial charge in [-0.2, -0.15) is 4.98 Å². The molecular weight excluding hydrogens is 384 g/mol. The summed E-state index contributed by atoms with van der Waals surface area (Å²) in [6, 6.07) is 7.83.